The Balaban J connectivity index is 2.05. The molecule has 0 saturated carbocycles. The highest BCUT2D eigenvalue weighted by molar-refractivity contribution is 6.74. The lowest BCUT2D eigenvalue weighted by atomic mass is 9.85. The number of carbonyl (C=O) groups excluding carboxylic acids is 1. The van der Waals surface area contributed by atoms with Crippen LogP contribution < -0.4 is 10.3 Å². The second-order valence-corrected chi connectivity index (χ2v) is 25.4. The van der Waals surface area contributed by atoms with Crippen LogP contribution in [0.4, 0.5) is 0 Å². The van der Waals surface area contributed by atoms with Gasteiger partial charge >= 0.3 is 5.97 Å². The highest BCUT2D eigenvalue weighted by Crippen LogP contribution is 2.44. The molecule has 1 aromatic heterocycles. The molecule has 1 aliphatic heterocycles. The molecule has 0 spiro atoms. The van der Waals surface area contributed by atoms with Crippen molar-refractivity contribution in [3.05, 3.63) is 63.6 Å². The maximum Gasteiger partial charge on any atom is 0.303 e. The molecule has 248 valence electrons. The number of nitrogens with zero attached hydrogens (tertiary/aromatic N) is 2. The fraction of sp³-hybridized carbons (Fsp3) is 0.629. The van der Waals surface area contributed by atoms with Gasteiger partial charge in [-0.3, -0.25) is 9.59 Å². The van der Waals surface area contributed by atoms with Gasteiger partial charge in [0, 0.05) is 31.4 Å². The fourth-order valence-corrected chi connectivity index (χ4v) is 7.49. The zero-order valence-electron chi connectivity index (χ0n) is 29.7. The summed E-state index contributed by atoms with van der Waals surface area (Å²) in [5.74, 6) is 0.0678. The molecule has 3 rings (SSSR count). The molecule has 1 aliphatic rings. The van der Waals surface area contributed by atoms with Gasteiger partial charge in [-0.15, -0.1) is 0 Å². The van der Waals surface area contributed by atoms with E-state index in [9.17, 15) is 14.9 Å². The molecule has 0 aliphatic carbocycles. The molecule has 0 amide bonds. The Morgan fingerprint density at radius 1 is 1.04 bits per heavy atom. The number of nitriles is 1. The fourth-order valence-electron chi connectivity index (χ4n) is 5.08. The third-order valence-corrected chi connectivity index (χ3v) is 18.9. The molecule has 8 nitrogen and oxygen atoms in total. The van der Waals surface area contributed by atoms with E-state index in [0.717, 1.165) is 18.4 Å². The lowest BCUT2D eigenvalue weighted by Crippen LogP contribution is -2.54. The second kappa shape index (κ2) is 13.2. The van der Waals surface area contributed by atoms with Crippen molar-refractivity contribution >= 4 is 22.6 Å². The highest BCUT2D eigenvalue weighted by Gasteiger charge is 2.48. The molecule has 1 unspecified atom stereocenters. The molecule has 3 atom stereocenters. The molecule has 0 radical (unpaired) electrons. The van der Waals surface area contributed by atoms with E-state index in [-0.39, 0.29) is 21.7 Å². The van der Waals surface area contributed by atoms with E-state index in [0.29, 0.717) is 23.5 Å². The second-order valence-electron chi connectivity index (χ2n) is 15.9. The van der Waals surface area contributed by atoms with Gasteiger partial charge in [0.1, 0.15) is 17.4 Å². The zero-order valence-corrected chi connectivity index (χ0v) is 31.7. The van der Waals surface area contributed by atoms with Crippen molar-refractivity contribution in [1.82, 2.24) is 4.57 Å². The van der Waals surface area contributed by atoms with Crippen LogP contribution in [0.25, 0.3) is 0 Å². The summed E-state index contributed by atoms with van der Waals surface area (Å²) < 4.78 is 27.1. The number of carbonyl (C=O) groups is 1. The monoisotopic (exact) mass is 654 g/mol. The predicted molar refractivity (Wildman–Crippen MR) is 184 cm³/mol. The van der Waals surface area contributed by atoms with Gasteiger partial charge in [0.15, 0.2) is 22.7 Å². The van der Waals surface area contributed by atoms with Gasteiger partial charge in [-0.25, -0.2) is 0 Å². The summed E-state index contributed by atoms with van der Waals surface area (Å²) in [6.45, 7) is 28.0. The van der Waals surface area contributed by atoms with E-state index in [1.54, 1.807) is 35.0 Å². The number of hydrogen-bond acceptors (Lipinski definition) is 7. The highest BCUT2D eigenvalue weighted by atomic mass is 28.4. The van der Waals surface area contributed by atoms with Crippen LogP contribution in [0.1, 0.15) is 104 Å². The molecule has 2 aromatic rings. The summed E-state index contributed by atoms with van der Waals surface area (Å²) in [7, 11) is -4.08. The van der Waals surface area contributed by atoms with Crippen LogP contribution in [0.5, 0.6) is 5.75 Å². The summed E-state index contributed by atoms with van der Waals surface area (Å²) >= 11 is 0. The molecule has 10 heteroatoms. The maximum atomic E-state index is 14.0. The topological polar surface area (TPSA) is 99.8 Å². The Morgan fingerprint density at radius 2 is 1.67 bits per heavy atom. The molecule has 0 saturated heterocycles. The van der Waals surface area contributed by atoms with Gasteiger partial charge in [0.05, 0.1) is 17.7 Å². The van der Waals surface area contributed by atoms with Gasteiger partial charge in [-0.1, -0.05) is 41.5 Å². The maximum absolute atomic E-state index is 14.0. The summed E-state index contributed by atoms with van der Waals surface area (Å²) in [6.07, 6.45) is 2.20. The molecule has 0 bridgehead atoms. The molecule has 0 N–H and O–H groups in total. The SMILES string of the molecule is CC(=O)O[C@@H]1[C@@H](n2ccc(C(CCCO[Si](C)(C)C(C)(C)C)O[Si](C)(C)C(C)(C)C)cc2=O)c2cc(C#N)ccc2OC1(C)C. The van der Waals surface area contributed by atoms with Crippen molar-refractivity contribution in [2.24, 2.45) is 0 Å². The minimum Gasteiger partial charge on any atom is -0.484 e. The van der Waals surface area contributed by atoms with E-state index in [2.05, 4.69) is 73.8 Å². The standard InChI is InChI=1S/C35H54N2O6Si2/c1-24(38)41-32-31(27-21-25(23-36)16-17-29(27)42-35(32,8)9)37-19-18-26(22-30(37)39)28(43-45(12,13)34(5,6)7)15-14-20-40-44(10,11)33(2,3)4/h16-19,21-22,28,31-32H,14-15,20H2,1-13H3/t28?,31-,32+/m0/s1. The minimum absolute atomic E-state index is 0.00896. The third-order valence-electron chi connectivity index (χ3n) is 9.86. The summed E-state index contributed by atoms with van der Waals surface area (Å²) in [5, 5.41) is 9.74. The van der Waals surface area contributed by atoms with E-state index >= 15 is 0 Å². The first-order valence-corrected chi connectivity index (χ1v) is 21.8. The van der Waals surface area contributed by atoms with Crippen molar-refractivity contribution in [3.8, 4) is 11.8 Å². The van der Waals surface area contributed by atoms with Crippen molar-refractivity contribution in [2.75, 3.05) is 6.61 Å². The van der Waals surface area contributed by atoms with E-state index in [4.69, 9.17) is 18.3 Å². The van der Waals surface area contributed by atoms with Crippen LogP contribution in [0.15, 0.2) is 41.3 Å². The van der Waals surface area contributed by atoms with Crippen LogP contribution in [0.2, 0.25) is 36.3 Å². The Morgan fingerprint density at radius 3 is 2.20 bits per heavy atom. The number of fused-ring (bicyclic) bond motifs is 1. The van der Waals surface area contributed by atoms with Crippen molar-refractivity contribution in [1.29, 1.82) is 5.26 Å². The normalized spacial score (nSPS) is 19.2. The molecule has 2 heterocycles. The number of rotatable bonds is 10. The van der Waals surface area contributed by atoms with E-state index < -0.39 is 40.4 Å². The molecular weight excluding hydrogens is 601 g/mol. The lowest BCUT2D eigenvalue weighted by Gasteiger charge is -2.44. The largest absolute Gasteiger partial charge is 0.484 e. The van der Waals surface area contributed by atoms with Crippen LogP contribution in [0.3, 0.4) is 0 Å². The van der Waals surface area contributed by atoms with Crippen molar-refractivity contribution in [2.45, 2.75) is 135 Å². The molecule has 1 aromatic carbocycles. The molecule has 0 fully saturated rings. The molecular formula is C35H54N2O6Si2. The first kappa shape index (κ1) is 36.7. The van der Waals surface area contributed by atoms with Crippen molar-refractivity contribution < 1.29 is 23.1 Å². The number of pyridine rings is 1. The minimum atomic E-state index is -2.19. The van der Waals surface area contributed by atoms with E-state index in [1.807, 2.05) is 19.9 Å². The number of esters is 1. The summed E-state index contributed by atoms with van der Waals surface area (Å²) in [4.78, 5) is 26.3. The first-order valence-electron chi connectivity index (χ1n) is 15.9. The van der Waals surface area contributed by atoms with Crippen LogP contribution in [-0.2, 0) is 18.4 Å². The lowest BCUT2D eigenvalue weighted by molar-refractivity contribution is -0.163. The third kappa shape index (κ3) is 8.36. The van der Waals surface area contributed by atoms with E-state index in [1.165, 1.54) is 6.92 Å². The van der Waals surface area contributed by atoms with Gasteiger partial charge < -0.3 is 22.9 Å². The quantitative estimate of drug-likeness (QED) is 0.144. The Labute approximate surface area is 272 Å². The average molecular weight is 655 g/mol. The number of benzene rings is 1. The number of ether oxygens (including phenoxy) is 2. The van der Waals surface area contributed by atoms with Gasteiger partial charge in [0.25, 0.3) is 5.56 Å². The van der Waals surface area contributed by atoms with Crippen LogP contribution >= 0.6 is 0 Å². The Hall–Kier alpha value is -2.72. The Bertz CT molecular complexity index is 1480. The number of hydrogen-bond donors (Lipinski definition) is 0. The summed E-state index contributed by atoms with van der Waals surface area (Å²) in [6, 6.07) is 10.2. The van der Waals surface area contributed by atoms with Gasteiger partial charge in [-0.05, 0) is 92.8 Å². The van der Waals surface area contributed by atoms with Crippen molar-refractivity contribution in [3.63, 3.8) is 0 Å². The van der Waals surface area contributed by atoms with Gasteiger partial charge in [0.2, 0.25) is 0 Å². The smallest absolute Gasteiger partial charge is 0.303 e. The average Bonchev–Trinajstić information content (AvgIpc) is 2.89. The summed E-state index contributed by atoms with van der Waals surface area (Å²) in [5.41, 5.74) is 0.674. The zero-order chi connectivity index (χ0) is 34.2. The predicted octanol–water partition coefficient (Wildman–Crippen LogP) is 8.28. The van der Waals surface area contributed by atoms with Crippen LogP contribution in [-0.4, -0.2) is 45.5 Å². The number of aromatic nitrogens is 1. The Kier molecular flexibility index (Phi) is 10.8. The van der Waals surface area contributed by atoms with Gasteiger partial charge in [-0.2, -0.15) is 5.26 Å². The first-order chi connectivity index (χ1) is 20.5. The molecule has 45 heavy (non-hydrogen) atoms. The van der Waals surface area contributed by atoms with Crippen LogP contribution in [0, 0.1) is 11.3 Å².